The van der Waals surface area contributed by atoms with Gasteiger partial charge >= 0.3 is 12.1 Å². The Kier molecular flexibility index (Phi) is 4.12. The SMILES string of the molecule is CC(C)(C)OC(=O)c1ccc(C(F)(F)F)cc1C(N)=O. The third-order valence-corrected chi connectivity index (χ3v) is 2.23. The fourth-order valence-corrected chi connectivity index (χ4v) is 1.44. The molecule has 2 N–H and O–H groups in total. The maximum absolute atomic E-state index is 12.6. The lowest BCUT2D eigenvalue weighted by atomic mass is 10.0. The molecule has 0 unspecified atom stereocenters. The normalized spacial score (nSPS) is 12.1. The van der Waals surface area contributed by atoms with Crippen molar-refractivity contribution in [1.82, 2.24) is 0 Å². The van der Waals surface area contributed by atoms with Crippen LogP contribution in [0.4, 0.5) is 13.2 Å². The molecule has 1 aromatic rings. The third-order valence-electron chi connectivity index (χ3n) is 2.23. The van der Waals surface area contributed by atoms with E-state index in [1.165, 1.54) is 0 Å². The summed E-state index contributed by atoms with van der Waals surface area (Å²) >= 11 is 0. The molecule has 0 saturated carbocycles. The average Bonchev–Trinajstić information content (AvgIpc) is 2.24. The number of benzene rings is 1. The number of carbonyl (C=O) groups is 2. The van der Waals surface area contributed by atoms with E-state index >= 15 is 0 Å². The van der Waals surface area contributed by atoms with Crippen molar-refractivity contribution < 1.29 is 27.5 Å². The number of hydrogen-bond acceptors (Lipinski definition) is 3. The number of amides is 1. The first-order valence-corrected chi connectivity index (χ1v) is 5.66. The Morgan fingerprint density at radius 2 is 1.65 bits per heavy atom. The van der Waals surface area contributed by atoms with Gasteiger partial charge in [0.2, 0.25) is 5.91 Å². The standard InChI is InChI=1S/C13H14F3NO3/c1-12(2,3)20-11(19)8-5-4-7(13(14,15)16)6-9(8)10(17)18/h4-6H,1-3H3,(H2,17,18). The van der Waals surface area contributed by atoms with Gasteiger partial charge in [-0.2, -0.15) is 13.2 Å². The van der Waals surface area contributed by atoms with Crippen LogP contribution in [0.2, 0.25) is 0 Å². The number of esters is 1. The number of carbonyl (C=O) groups excluding carboxylic acids is 2. The number of primary amides is 1. The second-order valence-corrected chi connectivity index (χ2v) is 5.12. The maximum atomic E-state index is 12.6. The first kappa shape index (κ1) is 16.0. The Morgan fingerprint density at radius 3 is 2.05 bits per heavy atom. The van der Waals surface area contributed by atoms with Crippen LogP contribution in [0.1, 0.15) is 47.1 Å². The Balaban J connectivity index is 3.28. The van der Waals surface area contributed by atoms with Gasteiger partial charge in [-0.15, -0.1) is 0 Å². The van der Waals surface area contributed by atoms with Crippen molar-refractivity contribution >= 4 is 11.9 Å². The van der Waals surface area contributed by atoms with Crippen LogP contribution in [0.25, 0.3) is 0 Å². The van der Waals surface area contributed by atoms with E-state index in [0.29, 0.717) is 12.1 Å². The Morgan fingerprint density at radius 1 is 1.10 bits per heavy atom. The van der Waals surface area contributed by atoms with Crippen LogP contribution in [0.15, 0.2) is 18.2 Å². The molecule has 110 valence electrons. The molecule has 7 heteroatoms. The highest BCUT2D eigenvalue weighted by molar-refractivity contribution is 6.05. The molecule has 0 aliphatic heterocycles. The molecule has 1 amide bonds. The van der Waals surface area contributed by atoms with Crippen molar-refractivity contribution in [3.05, 3.63) is 34.9 Å². The molecule has 0 radical (unpaired) electrons. The van der Waals surface area contributed by atoms with Crippen molar-refractivity contribution in [2.45, 2.75) is 32.5 Å². The highest BCUT2D eigenvalue weighted by Gasteiger charge is 2.32. The van der Waals surface area contributed by atoms with Crippen LogP contribution in [0.3, 0.4) is 0 Å². The number of ether oxygens (including phenoxy) is 1. The lowest BCUT2D eigenvalue weighted by molar-refractivity contribution is -0.137. The van der Waals surface area contributed by atoms with Gasteiger partial charge in [0.1, 0.15) is 5.60 Å². The van der Waals surface area contributed by atoms with Crippen LogP contribution in [0.5, 0.6) is 0 Å². The van der Waals surface area contributed by atoms with Crippen LogP contribution >= 0.6 is 0 Å². The summed E-state index contributed by atoms with van der Waals surface area (Å²) in [5, 5.41) is 0. The van der Waals surface area contributed by atoms with E-state index in [2.05, 4.69) is 0 Å². The molecule has 1 aromatic carbocycles. The second-order valence-electron chi connectivity index (χ2n) is 5.12. The summed E-state index contributed by atoms with van der Waals surface area (Å²) in [4.78, 5) is 23.1. The third kappa shape index (κ3) is 3.97. The van der Waals surface area contributed by atoms with Gasteiger partial charge < -0.3 is 10.5 Å². The number of nitrogens with two attached hydrogens (primary N) is 1. The quantitative estimate of drug-likeness (QED) is 0.851. The Labute approximate surface area is 113 Å². The van der Waals surface area contributed by atoms with E-state index in [4.69, 9.17) is 10.5 Å². The molecule has 0 fully saturated rings. The molecule has 20 heavy (non-hydrogen) atoms. The van der Waals surface area contributed by atoms with Gasteiger partial charge in [-0.05, 0) is 39.0 Å². The summed E-state index contributed by atoms with van der Waals surface area (Å²) in [6.07, 6.45) is -4.63. The summed E-state index contributed by atoms with van der Waals surface area (Å²) < 4.78 is 42.7. The minimum absolute atomic E-state index is 0.291. The fraction of sp³-hybridized carbons (Fsp3) is 0.385. The lowest BCUT2D eigenvalue weighted by Gasteiger charge is -2.20. The molecule has 0 heterocycles. The van der Waals surface area contributed by atoms with E-state index in [1.807, 2.05) is 0 Å². The molecule has 1 rings (SSSR count). The minimum Gasteiger partial charge on any atom is -0.456 e. The Hall–Kier alpha value is -2.05. The van der Waals surface area contributed by atoms with Gasteiger partial charge in [-0.25, -0.2) is 4.79 Å². The highest BCUT2D eigenvalue weighted by atomic mass is 19.4. The van der Waals surface area contributed by atoms with Crippen LogP contribution in [-0.4, -0.2) is 17.5 Å². The van der Waals surface area contributed by atoms with Gasteiger partial charge in [0.15, 0.2) is 0 Å². The summed E-state index contributed by atoms with van der Waals surface area (Å²) in [5.41, 5.74) is 2.31. The molecule has 0 atom stereocenters. The van der Waals surface area contributed by atoms with Crippen LogP contribution in [-0.2, 0) is 10.9 Å². The molecule has 0 spiro atoms. The van der Waals surface area contributed by atoms with Crippen LogP contribution in [0, 0.1) is 0 Å². The van der Waals surface area contributed by atoms with Gasteiger partial charge in [0, 0.05) is 0 Å². The van der Waals surface area contributed by atoms with E-state index in [0.717, 1.165) is 6.07 Å². The average molecular weight is 289 g/mol. The molecule has 0 aliphatic carbocycles. The molecule has 0 bridgehead atoms. The smallest absolute Gasteiger partial charge is 0.416 e. The van der Waals surface area contributed by atoms with E-state index in [1.54, 1.807) is 20.8 Å². The lowest BCUT2D eigenvalue weighted by Crippen LogP contribution is -2.26. The maximum Gasteiger partial charge on any atom is 0.416 e. The van der Waals surface area contributed by atoms with E-state index < -0.39 is 34.8 Å². The van der Waals surface area contributed by atoms with E-state index in [-0.39, 0.29) is 5.56 Å². The zero-order valence-corrected chi connectivity index (χ0v) is 11.2. The summed E-state index contributed by atoms with van der Waals surface area (Å²) in [6.45, 7) is 4.79. The van der Waals surface area contributed by atoms with Crippen molar-refractivity contribution in [2.75, 3.05) is 0 Å². The van der Waals surface area contributed by atoms with Crippen molar-refractivity contribution in [3.63, 3.8) is 0 Å². The zero-order chi connectivity index (χ0) is 15.7. The monoisotopic (exact) mass is 289 g/mol. The topological polar surface area (TPSA) is 69.4 Å². The number of halogens is 3. The molecule has 4 nitrogen and oxygen atoms in total. The Bertz CT molecular complexity index is 545. The van der Waals surface area contributed by atoms with E-state index in [9.17, 15) is 22.8 Å². The minimum atomic E-state index is -4.63. The van der Waals surface area contributed by atoms with Crippen molar-refractivity contribution in [2.24, 2.45) is 5.73 Å². The van der Waals surface area contributed by atoms with Gasteiger partial charge in [0.05, 0.1) is 16.7 Å². The molecular formula is C13H14F3NO3. The molecule has 0 aromatic heterocycles. The largest absolute Gasteiger partial charge is 0.456 e. The predicted molar refractivity (Wildman–Crippen MR) is 65.1 cm³/mol. The molecule has 0 aliphatic rings. The zero-order valence-electron chi connectivity index (χ0n) is 11.2. The van der Waals surface area contributed by atoms with Crippen molar-refractivity contribution in [3.8, 4) is 0 Å². The predicted octanol–water partition coefficient (Wildman–Crippen LogP) is 2.76. The number of hydrogen-bond donors (Lipinski definition) is 1. The second kappa shape index (κ2) is 5.15. The van der Waals surface area contributed by atoms with Crippen molar-refractivity contribution in [1.29, 1.82) is 0 Å². The fourth-order valence-electron chi connectivity index (χ4n) is 1.44. The number of alkyl halides is 3. The van der Waals surface area contributed by atoms with Crippen LogP contribution < -0.4 is 5.73 Å². The van der Waals surface area contributed by atoms with Gasteiger partial charge in [-0.1, -0.05) is 0 Å². The highest BCUT2D eigenvalue weighted by Crippen LogP contribution is 2.31. The first-order valence-electron chi connectivity index (χ1n) is 5.66. The van der Waals surface area contributed by atoms with Gasteiger partial charge in [0.25, 0.3) is 0 Å². The number of rotatable bonds is 2. The first-order chi connectivity index (χ1) is 8.92. The summed E-state index contributed by atoms with van der Waals surface area (Å²) in [7, 11) is 0. The van der Waals surface area contributed by atoms with Gasteiger partial charge in [-0.3, -0.25) is 4.79 Å². The summed E-state index contributed by atoms with van der Waals surface area (Å²) in [6, 6.07) is 2.13. The summed E-state index contributed by atoms with van der Waals surface area (Å²) in [5.74, 6) is -2.03. The molecule has 0 saturated heterocycles. The molecular weight excluding hydrogens is 275 g/mol.